The largest absolute Gasteiger partial charge is 0.390 e. The van der Waals surface area contributed by atoms with E-state index in [1.165, 1.54) is 24.3 Å². The average molecular weight is 583 g/mol. The van der Waals surface area contributed by atoms with Gasteiger partial charge in [-0.25, -0.2) is 13.2 Å². The Morgan fingerprint density at radius 1 is 1.00 bits per heavy atom. The van der Waals surface area contributed by atoms with E-state index < -0.39 is 28.1 Å². The third-order valence-electron chi connectivity index (χ3n) is 8.99. The molecule has 3 aromatic rings. The molecule has 224 valence electrons. The van der Waals surface area contributed by atoms with Crippen LogP contribution in [0.15, 0.2) is 53.1 Å². The lowest BCUT2D eigenvalue weighted by atomic mass is 9.68. The van der Waals surface area contributed by atoms with Crippen LogP contribution in [0.2, 0.25) is 0 Å². The van der Waals surface area contributed by atoms with E-state index in [0.717, 1.165) is 30.5 Å². The highest BCUT2D eigenvalue weighted by atomic mass is 19.1. The lowest BCUT2D eigenvalue weighted by Gasteiger charge is -2.55. The number of benzene rings is 2. The minimum Gasteiger partial charge on any atom is -0.390 e. The molecule has 2 aliphatic rings. The van der Waals surface area contributed by atoms with Crippen LogP contribution in [0.4, 0.5) is 13.2 Å². The Balaban J connectivity index is 1.31. The highest BCUT2D eigenvalue weighted by molar-refractivity contribution is 5.96. The highest BCUT2D eigenvalue weighted by Crippen LogP contribution is 2.44. The number of aromatic nitrogens is 1. The number of aliphatic hydroxyl groups is 1. The predicted molar refractivity (Wildman–Crippen MR) is 151 cm³/mol. The Hall–Kier alpha value is -3.30. The van der Waals surface area contributed by atoms with E-state index in [-0.39, 0.29) is 59.7 Å². The summed E-state index contributed by atoms with van der Waals surface area (Å²) >= 11 is 0. The Kier molecular flexibility index (Phi) is 8.20. The topological polar surface area (TPSA) is 83.6 Å². The summed E-state index contributed by atoms with van der Waals surface area (Å²) in [5, 5.41) is 14.2. The number of carbonyl (C=O) groups excluding carboxylic acids is 2. The molecule has 9 heteroatoms. The van der Waals surface area contributed by atoms with Crippen LogP contribution in [0, 0.1) is 22.9 Å². The molecule has 0 radical (unpaired) electrons. The molecule has 0 atom stereocenters. The van der Waals surface area contributed by atoms with Gasteiger partial charge in [0, 0.05) is 55.9 Å². The third kappa shape index (κ3) is 6.68. The van der Waals surface area contributed by atoms with Gasteiger partial charge in [-0.15, -0.1) is 0 Å². The lowest BCUT2D eigenvalue weighted by molar-refractivity contribution is -0.128. The number of ketones is 2. The summed E-state index contributed by atoms with van der Waals surface area (Å²) in [6, 6.07) is 10.9. The summed E-state index contributed by atoms with van der Waals surface area (Å²) in [5.74, 6) is -2.17. The fourth-order valence-electron chi connectivity index (χ4n) is 6.58. The van der Waals surface area contributed by atoms with Crippen molar-refractivity contribution in [2.45, 2.75) is 82.8 Å². The molecule has 0 bridgehead atoms. The van der Waals surface area contributed by atoms with Crippen LogP contribution in [0.25, 0.3) is 11.3 Å². The monoisotopic (exact) mass is 582 g/mol. The standard InChI is InChI=1S/C33H37F3N2O4/c1-31(2,21-4-6-22(34)7-5-21)16-25(39)17-33(19-38(20-33)24-10-12-32(3,41)13-11-24)18-29(40)28-15-30(42-37-28)26-9-8-23(35)14-27(26)36/h4-9,14-15,24,41H,10-13,16-20H2,1-3H3. The van der Waals surface area contributed by atoms with Gasteiger partial charge in [0.25, 0.3) is 0 Å². The maximum atomic E-state index is 14.3. The first-order valence-electron chi connectivity index (χ1n) is 14.4. The molecule has 0 amide bonds. The van der Waals surface area contributed by atoms with E-state index >= 15 is 0 Å². The van der Waals surface area contributed by atoms with Gasteiger partial charge in [0.1, 0.15) is 28.9 Å². The van der Waals surface area contributed by atoms with Gasteiger partial charge in [-0.05, 0) is 67.9 Å². The Labute approximate surface area is 243 Å². The van der Waals surface area contributed by atoms with E-state index in [4.69, 9.17) is 4.52 Å². The summed E-state index contributed by atoms with van der Waals surface area (Å²) in [4.78, 5) is 29.2. The summed E-state index contributed by atoms with van der Waals surface area (Å²) in [7, 11) is 0. The number of rotatable bonds is 10. The zero-order valence-corrected chi connectivity index (χ0v) is 24.3. The van der Waals surface area contributed by atoms with Crippen molar-refractivity contribution in [3.05, 3.63) is 77.2 Å². The van der Waals surface area contributed by atoms with Gasteiger partial charge >= 0.3 is 0 Å². The lowest BCUT2D eigenvalue weighted by Crippen LogP contribution is -2.62. The molecule has 1 aliphatic heterocycles. The van der Waals surface area contributed by atoms with Gasteiger partial charge in [0.15, 0.2) is 11.5 Å². The van der Waals surface area contributed by atoms with E-state index in [1.807, 2.05) is 20.8 Å². The molecular weight excluding hydrogens is 545 g/mol. The van der Waals surface area contributed by atoms with Crippen molar-refractivity contribution in [2.75, 3.05) is 13.1 Å². The third-order valence-corrected chi connectivity index (χ3v) is 8.99. The number of Topliss-reactive ketones (excluding diaryl/α,β-unsaturated/α-hetero) is 2. The van der Waals surface area contributed by atoms with Crippen LogP contribution in [-0.4, -0.2) is 51.5 Å². The molecule has 2 heterocycles. The number of carbonyl (C=O) groups is 2. The smallest absolute Gasteiger partial charge is 0.185 e. The number of hydrogen-bond acceptors (Lipinski definition) is 6. The number of hydrogen-bond donors (Lipinski definition) is 1. The molecule has 2 fully saturated rings. The van der Waals surface area contributed by atoms with Gasteiger partial charge in [0.05, 0.1) is 11.2 Å². The second-order valence-electron chi connectivity index (χ2n) is 13.2. The Bertz CT molecular complexity index is 1450. The predicted octanol–water partition coefficient (Wildman–Crippen LogP) is 6.65. The van der Waals surface area contributed by atoms with Crippen molar-refractivity contribution in [3.63, 3.8) is 0 Å². The van der Waals surface area contributed by atoms with E-state index in [1.54, 1.807) is 12.1 Å². The first kappa shape index (κ1) is 30.2. The zero-order chi connectivity index (χ0) is 30.3. The average Bonchev–Trinajstić information content (AvgIpc) is 3.37. The molecule has 0 spiro atoms. The number of likely N-dealkylation sites (tertiary alicyclic amines) is 1. The van der Waals surface area contributed by atoms with Crippen molar-refractivity contribution in [1.29, 1.82) is 0 Å². The van der Waals surface area contributed by atoms with Crippen molar-refractivity contribution >= 4 is 11.6 Å². The fourth-order valence-corrected chi connectivity index (χ4v) is 6.58. The van der Waals surface area contributed by atoms with Crippen molar-refractivity contribution in [2.24, 2.45) is 5.41 Å². The summed E-state index contributed by atoms with van der Waals surface area (Å²) in [5.41, 5.74) is -0.902. The van der Waals surface area contributed by atoms with Gasteiger partial charge < -0.3 is 9.63 Å². The molecule has 42 heavy (non-hydrogen) atoms. The van der Waals surface area contributed by atoms with Crippen molar-refractivity contribution < 1.29 is 32.4 Å². The molecule has 2 aromatic carbocycles. The van der Waals surface area contributed by atoms with Crippen molar-refractivity contribution in [1.82, 2.24) is 10.1 Å². The quantitative estimate of drug-likeness (QED) is 0.270. The van der Waals surface area contributed by atoms with Crippen LogP contribution in [0.5, 0.6) is 0 Å². The van der Waals surface area contributed by atoms with Crippen LogP contribution in [-0.2, 0) is 10.2 Å². The molecule has 6 nitrogen and oxygen atoms in total. The minimum absolute atomic E-state index is 0.00105. The Morgan fingerprint density at radius 2 is 1.64 bits per heavy atom. The second-order valence-corrected chi connectivity index (χ2v) is 13.2. The molecule has 1 aliphatic carbocycles. The summed E-state index contributed by atoms with van der Waals surface area (Å²) < 4.78 is 46.3. The highest BCUT2D eigenvalue weighted by Gasteiger charge is 2.49. The molecule has 0 unspecified atom stereocenters. The zero-order valence-electron chi connectivity index (χ0n) is 24.3. The van der Waals surface area contributed by atoms with Gasteiger partial charge in [0.2, 0.25) is 0 Å². The fraction of sp³-hybridized carbons (Fsp3) is 0.485. The number of halogens is 3. The number of nitrogens with zero attached hydrogens (tertiary/aromatic N) is 2. The molecule has 5 rings (SSSR count). The second kappa shape index (κ2) is 11.4. The molecule has 1 aromatic heterocycles. The molecule has 1 saturated heterocycles. The van der Waals surface area contributed by atoms with Gasteiger partial charge in [-0.2, -0.15) is 0 Å². The summed E-state index contributed by atoms with van der Waals surface area (Å²) in [6.07, 6.45) is 3.59. The maximum absolute atomic E-state index is 14.3. The molecular formula is C33H37F3N2O4. The van der Waals surface area contributed by atoms with Crippen LogP contribution < -0.4 is 0 Å². The SMILES string of the molecule is CC1(O)CCC(N2CC(CC(=O)CC(C)(C)c3ccc(F)cc3)(CC(=O)c3cc(-c4ccc(F)cc4F)on3)C2)CC1. The van der Waals surface area contributed by atoms with E-state index in [0.29, 0.717) is 25.9 Å². The first-order chi connectivity index (χ1) is 19.7. The van der Waals surface area contributed by atoms with E-state index in [9.17, 15) is 27.9 Å². The Morgan fingerprint density at radius 3 is 2.29 bits per heavy atom. The van der Waals surface area contributed by atoms with Crippen LogP contribution in [0.1, 0.15) is 81.8 Å². The first-order valence-corrected chi connectivity index (χ1v) is 14.4. The van der Waals surface area contributed by atoms with Crippen LogP contribution in [0.3, 0.4) is 0 Å². The van der Waals surface area contributed by atoms with Crippen molar-refractivity contribution in [3.8, 4) is 11.3 Å². The van der Waals surface area contributed by atoms with Gasteiger partial charge in [-0.3, -0.25) is 14.5 Å². The minimum atomic E-state index is -0.822. The van der Waals surface area contributed by atoms with E-state index in [2.05, 4.69) is 10.1 Å². The molecule has 1 N–H and O–H groups in total. The molecule has 1 saturated carbocycles. The van der Waals surface area contributed by atoms with Crippen LogP contribution >= 0.6 is 0 Å². The summed E-state index contributed by atoms with van der Waals surface area (Å²) in [6.45, 7) is 6.87. The normalized spacial score (nSPS) is 22.5. The van der Waals surface area contributed by atoms with Gasteiger partial charge in [-0.1, -0.05) is 31.1 Å². The maximum Gasteiger partial charge on any atom is 0.185 e.